The minimum absolute atomic E-state index is 0.393. The summed E-state index contributed by atoms with van der Waals surface area (Å²) in [5, 5.41) is 8.36. The maximum atomic E-state index is 4.13. The summed E-state index contributed by atoms with van der Waals surface area (Å²) in [7, 11) is 0. The van der Waals surface area contributed by atoms with Crippen molar-refractivity contribution in [2.24, 2.45) is 0 Å². The summed E-state index contributed by atoms with van der Waals surface area (Å²) in [6.45, 7) is 2.26. The molecular weight excluding hydrogens is 290 g/mol. The van der Waals surface area contributed by atoms with Gasteiger partial charge in [0.05, 0.1) is 17.8 Å². The number of hydrogen-bond acceptors (Lipinski definition) is 3. The zero-order valence-electron chi connectivity index (χ0n) is 12.4. The van der Waals surface area contributed by atoms with Crippen molar-refractivity contribution in [1.82, 2.24) is 10.2 Å². The Kier molecular flexibility index (Phi) is 3.54. The van der Waals surface area contributed by atoms with Crippen LogP contribution in [0.2, 0.25) is 0 Å². The van der Waals surface area contributed by atoms with Crippen LogP contribution in [-0.2, 0) is 0 Å². The number of thioether (sulfide) groups is 1. The van der Waals surface area contributed by atoms with E-state index >= 15 is 0 Å². The fourth-order valence-corrected chi connectivity index (χ4v) is 4.20. The lowest BCUT2D eigenvalue weighted by Gasteiger charge is -2.42. The molecule has 1 aromatic heterocycles. The maximum absolute atomic E-state index is 4.13. The van der Waals surface area contributed by atoms with Gasteiger partial charge in [0, 0.05) is 28.6 Å². The van der Waals surface area contributed by atoms with E-state index in [1.54, 1.807) is 0 Å². The van der Waals surface area contributed by atoms with Crippen LogP contribution in [0.15, 0.2) is 54.7 Å². The number of nitrogens with zero attached hydrogens (tertiary/aromatic N) is 2. The number of H-pyrrole nitrogens is 1. The van der Waals surface area contributed by atoms with Gasteiger partial charge in [-0.3, -0.25) is 5.10 Å². The number of rotatable bonds is 2. The van der Waals surface area contributed by atoms with Crippen molar-refractivity contribution >= 4 is 28.4 Å². The number of anilines is 1. The molecule has 3 aromatic rings. The van der Waals surface area contributed by atoms with Gasteiger partial charge in [-0.05, 0) is 30.7 Å². The van der Waals surface area contributed by atoms with Crippen molar-refractivity contribution in [3.05, 3.63) is 66.0 Å². The third-order valence-corrected chi connectivity index (χ3v) is 5.32. The van der Waals surface area contributed by atoms with Crippen LogP contribution in [0, 0.1) is 5.75 Å². The molecule has 0 aliphatic carbocycles. The minimum Gasteiger partial charge on any atom is -0.360 e. The summed E-state index contributed by atoms with van der Waals surface area (Å²) < 4.78 is 0. The van der Waals surface area contributed by atoms with Crippen LogP contribution < -0.4 is 4.90 Å². The molecule has 0 spiro atoms. The van der Waals surface area contributed by atoms with Crippen LogP contribution in [0.3, 0.4) is 0 Å². The largest absolute Gasteiger partial charge is 0.360 e. The first kappa shape index (κ1) is 13.7. The van der Waals surface area contributed by atoms with E-state index in [9.17, 15) is 0 Å². The minimum atomic E-state index is 0.393. The molecule has 1 aliphatic rings. The lowest BCUT2D eigenvalue weighted by atomic mass is 10.0. The molecule has 111 valence electrons. The zero-order valence-corrected chi connectivity index (χ0v) is 13.3. The number of benzene rings is 2. The van der Waals surface area contributed by atoms with Crippen molar-refractivity contribution in [2.75, 3.05) is 10.7 Å². The smallest absolute Gasteiger partial charge is 0.0670 e. The Morgan fingerprint density at radius 2 is 2.05 bits per heavy atom. The summed E-state index contributed by atoms with van der Waals surface area (Å²) in [4.78, 5) is 2.51. The Labute approximate surface area is 134 Å². The van der Waals surface area contributed by atoms with Crippen LogP contribution in [0.4, 0.5) is 5.69 Å². The second-order valence-electron chi connectivity index (χ2n) is 5.69. The predicted molar refractivity (Wildman–Crippen MR) is 94.0 cm³/mol. The molecule has 1 fully saturated rings. The van der Waals surface area contributed by atoms with Gasteiger partial charge < -0.3 is 4.90 Å². The molecule has 3 nitrogen and oxygen atoms in total. The van der Waals surface area contributed by atoms with Gasteiger partial charge in [0.1, 0.15) is 0 Å². The Hall–Kier alpha value is -1.94. The van der Waals surface area contributed by atoms with Gasteiger partial charge in [0.15, 0.2) is 0 Å². The quantitative estimate of drug-likeness (QED) is 0.761. The fourth-order valence-electron chi connectivity index (χ4n) is 3.15. The first-order chi connectivity index (χ1) is 10.8. The Balaban J connectivity index is 1.77. The Morgan fingerprint density at radius 1 is 1.18 bits per heavy atom. The first-order valence-corrected chi connectivity index (χ1v) is 8.59. The van der Waals surface area contributed by atoms with Crippen LogP contribution in [-0.4, -0.2) is 22.0 Å². The SMILES string of the molecule is CC1[CH]SCC(c2ccccc2)N1c1ccc2cn[nH]c2c1. The third-order valence-electron chi connectivity index (χ3n) is 4.23. The Morgan fingerprint density at radius 3 is 2.91 bits per heavy atom. The van der Waals surface area contributed by atoms with Crippen molar-refractivity contribution in [3.8, 4) is 0 Å². The highest BCUT2D eigenvalue weighted by molar-refractivity contribution is 8.01. The van der Waals surface area contributed by atoms with E-state index < -0.39 is 0 Å². The second kappa shape index (κ2) is 5.69. The molecule has 1 saturated heterocycles. The number of nitrogens with one attached hydrogen (secondary N) is 1. The molecule has 22 heavy (non-hydrogen) atoms. The Bertz CT molecular complexity index is 768. The molecule has 4 rings (SSSR count). The van der Waals surface area contributed by atoms with Gasteiger partial charge in [0.2, 0.25) is 0 Å². The summed E-state index contributed by atoms with van der Waals surface area (Å²) >= 11 is 1.92. The van der Waals surface area contributed by atoms with Gasteiger partial charge in [0.25, 0.3) is 0 Å². The molecule has 1 N–H and O–H groups in total. The summed E-state index contributed by atoms with van der Waals surface area (Å²) in [6.07, 6.45) is 1.87. The van der Waals surface area contributed by atoms with Gasteiger partial charge in [-0.1, -0.05) is 30.3 Å². The molecule has 0 bridgehead atoms. The first-order valence-electron chi connectivity index (χ1n) is 7.54. The maximum Gasteiger partial charge on any atom is 0.0670 e. The number of aromatic amines is 1. The van der Waals surface area contributed by atoms with Gasteiger partial charge in [-0.2, -0.15) is 16.9 Å². The normalized spacial score (nSPS) is 22.1. The van der Waals surface area contributed by atoms with E-state index in [1.807, 2.05) is 18.0 Å². The van der Waals surface area contributed by atoms with Crippen molar-refractivity contribution in [3.63, 3.8) is 0 Å². The molecule has 2 aromatic carbocycles. The third kappa shape index (κ3) is 2.37. The number of fused-ring (bicyclic) bond motifs is 1. The van der Waals surface area contributed by atoms with Crippen molar-refractivity contribution < 1.29 is 0 Å². The van der Waals surface area contributed by atoms with Crippen molar-refractivity contribution in [2.45, 2.75) is 19.0 Å². The monoisotopic (exact) mass is 308 g/mol. The summed E-state index contributed by atoms with van der Waals surface area (Å²) in [5.41, 5.74) is 3.71. The molecular formula is C18H18N3S. The van der Waals surface area contributed by atoms with Crippen LogP contribution in [0.1, 0.15) is 18.5 Å². The van der Waals surface area contributed by atoms with E-state index in [-0.39, 0.29) is 0 Å². The molecule has 0 amide bonds. The standard InChI is InChI=1S/C18H18N3S/c1-13-11-22-12-18(14-5-3-2-4-6-14)21(13)16-8-7-15-10-19-20-17(15)9-16/h2-11,13,18H,12H2,1H3,(H,19,20). The fraction of sp³-hybridized carbons (Fsp3) is 0.222. The average Bonchev–Trinajstić information content (AvgIpc) is 3.03. The van der Waals surface area contributed by atoms with E-state index in [2.05, 4.69) is 76.3 Å². The summed E-state index contributed by atoms with van der Waals surface area (Å²) in [6, 6.07) is 18.1. The highest BCUT2D eigenvalue weighted by Crippen LogP contribution is 2.39. The van der Waals surface area contributed by atoms with Gasteiger partial charge in [-0.15, -0.1) is 0 Å². The zero-order chi connectivity index (χ0) is 14.9. The highest BCUT2D eigenvalue weighted by Gasteiger charge is 2.30. The van der Waals surface area contributed by atoms with E-state index in [4.69, 9.17) is 0 Å². The lowest BCUT2D eigenvalue weighted by Crippen LogP contribution is -2.41. The lowest BCUT2D eigenvalue weighted by molar-refractivity contribution is 0.617. The molecule has 4 heteroatoms. The average molecular weight is 308 g/mol. The topological polar surface area (TPSA) is 31.9 Å². The van der Waals surface area contributed by atoms with E-state index in [1.165, 1.54) is 11.3 Å². The molecule has 0 saturated carbocycles. The van der Waals surface area contributed by atoms with Gasteiger partial charge >= 0.3 is 0 Å². The molecule has 1 radical (unpaired) electrons. The van der Waals surface area contributed by atoms with E-state index in [0.717, 1.165) is 16.7 Å². The predicted octanol–water partition coefficient (Wildman–Crippen LogP) is 4.41. The molecule has 2 atom stereocenters. The van der Waals surface area contributed by atoms with Crippen LogP contribution >= 0.6 is 11.8 Å². The molecule has 2 heterocycles. The van der Waals surface area contributed by atoms with Gasteiger partial charge in [-0.25, -0.2) is 0 Å². The number of hydrogen-bond donors (Lipinski definition) is 1. The summed E-state index contributed by atoms with van der Waals surface area (Å²) in [5.74, 6) is 3.41. The number of aromatic nitrogens is 2. The van der Waals surface area contributed by atoms with Crippen LogP contribution in [0.5, 0.6) is 0 Å². The van der Waals surface area contributed by atoms with Crippen molar-refractivity contribution in [1.29, 1.82) is 0 Å². The highest BCUT2D eigenvalue weighted by atomic mass is 32.2. The molecule has 2 unspecified atom stereocenters. The van der Waals surface area contributed by atoms with E-state index in [0.29, 0.717) is 12.1 Å². The second-order valence-corrected chi connectivity index (χ2v) is 6.62. The molecule has 1 aliphatic heterocycles. The van der Waals surface area contributed by atoms with Crippen LogP contribution in [0.25, 0.3) is 10.9 Å².